The van der Waals surface area contributed by atoms with E-state index in [1.165, 1.54) is 12.1 Å². The molecule has 0 bridgehead atoms. The molecule has 1 amide bonds. The number of phenols is 1. The van der Waals surface area contributed by atoms with Crippen molar-refractivity contribution in [2.45, 2.75) is 44.8 Å². The first-order valence-corrected chi connectivity index (χ1v) is 11.3. The smallest absolute Gasteiger partial charge is 0.407 e. The van der Waals surface area contributed by atoms with E-state index in [-0.39, 0.29) is 24.7 Å². The van der Waals surface area contributed by atoms with Crippen LogP contribution in [0.15, 0.2) is 72.8 Å². The standard InChI is InChI=1S/C28H29NO5/c1-28(2,3)34-26(31)25(16-18-12-14-19(30)15-13-18)29-27(32)33-17-24-22-10-6-4-8-20(22)21-9-5-7-11-23(21)24/h4-15,24-25,30H,16-17H2,1-3H3,(H,29,32). The number of alkyl carbamates (subject to hydrolysis) is 1. The second kappa shape index (κ2) is 9.59. The van der Waals surface area contributed by atoms with E-state index in [2.05, 4.69) is 29.6 Å². The van der Waals surface area contributed by atoms with Crippen LogP contribution < -0.4 is 5.32 Å². The molecule has 1 atom stereocenters. The van der Waals surface area contributed by atoms with Gasteiger partial charge in [-0.2, -0.15) is 0 Å². The minimum Gasteiger partial charge on any atom is -0.508 e. The number of hydrogen-bond donors (Lipinski definition) is 2. The minimum absolute atomic E-state index is 0.0739. The van der Waals surface area contributed by atoms with E-state index in [1.807, 2.05) is 24.3 Å². The van der Waals surface area contributed by atoms with Crippen LogP contribution in [-0.2, 0) is 20.7 Å². The Kier molecular flexibility index (Phi) is 6.59. The molecule has 0 fully saturated rings. The summed E-state index contributed by atoms with van der Waals surface area (Å²) in [5, 5.41) is 12.2. The maximum Gasteiger partial charge on any atom is 0.407 e. The molecule has 0 radical (unpaired) electrons. The zero-order chi connectivity index (χ0) is 24.3. The number of hydrogen-bond acceptors (Lipinski definition) is 5. The van der Waals surface area contributed by atoms with E-state index in [0.717, 1.165) is 27.8 Å². The number of carbonyl (C=O) groups excluding carboxylic acids is 2. The van der Waals surface area contributed by atoms with Crippen LogP contribution in [0.5, 0.6) is 5.75 Å². The number of benzene rings is 3. The lowest BCUT2D eigenvalue weighted by molar-refractivity contribution is -0.157. The normalized spacial score (nSPS) is 13.5. The molecule has 3 aromatic rings. The third kappa shape index (κ3) is 5.39. The summed E-state index contributed by atoms with van der Waals surface area (Å²) in [6.45, 7) is 5.47. The molecule has 1 unspecified atom stereocenters. The maximum absolute atomic E-state index is 12.8. The SMILES string of the molecule is CC(C)(C)OC(=O)C(Cc1ccc(O)cc1)NC(=O)OCC1c2ccccc2-c2ccccc21. The maximum atomic E-state index is 12.8. The van der Waals surface area contributed by atoms with E-state index in [4.69, 9.17) is 9.47 Å². The zero-order valence-corrected chi connectivity index (χ0v) is 19.6. The number of ether oxygens (including phenoxy) is 2. The van der Waals surface area contributed by atoms with Crippen molar-refractivity contribution in [1.29, 1.82) is 0 Å². The van der Waals surface area contributed by atoms with E-state index in [1.54, 1.807) is 32.9 Å². The van der Waals surface area contributed by atoms with Crippen molar-refractivity contribution in [3.63, 3.8) is 0 Å². The van der Waals surface area contributed by atoms with Gasteiger partial charge in [0.1, 0.15) is 24.0 Å². The average molecular weight is 460 g/mol. The van der Waals surface area contributed by atoms with Crippen LogP contribution in [0.25, 0.3) is 11.1 Å². The summed E-state index contributed by atoms with van der Waals surface area (Å²) < 4.78 is 11.1. The highest BCUT2D eigenvalue weighted by Gasteiger charge is 2.31. The van der Waals surface area contributed by atoms with Crippen molar-refractivity contribution in [3.05, 3.63) is 89.5 Å². The summed E-state index contributed by atoms with van der Waals surface area (Å²) in [5.41, 5.74) is 4.59. The molecule has 0 saturated heterocycles. The molecule has 34 heavy (non-hydrogen) atoms. The van der Waals surface area contributed by atoms with Crippen LogP contribution in [0.2, 0.25) is 0 Å². The van der Waals surface area contributed by atoms with Crippen molar-refractivity contribution in [1.82, 2.24) is 5.32 Å². The van der Waals surface area contributed by atoms with Gasteiger partial charge in [-0.05, 0) is 60.7 Å². The largest absolute Gasteiger partial charge is 0.508 e. The van der Waals surface area contributed by atoms with Gasteiger partial charge in [0.05, 0.1) is 0 Å². The van der Waals surface area contributed by atoms with Crippen LogP contribution in [0, 0.1) is 0 Å². The first kappa shape index (κ1) is 23.4. The molecular weight excluding hydrogens is 430 g/mol. The van der Waals surface area contributed by atoms with Crippen LogP contribution in [-0.4, -0.2) is 35.4 Å². The van der Waals surface area contributed by atoms with Crippen molar-refractivity contribution in [3.8, 4) is 16.9 Å². The van der Waals surface area contributed by atoms with Crippen LogP contribution in [0.3, 0.4) is 0 Å². The van der Waals surface area contributed by atoms with Gasteiger partial charge < -0.3 is 19.9 Å². The molecule has 6 heteroatoms. The lowest BCUT2D eigenvalue weighted by Gasteiger charge is -2.25. The quantitative estimate of drug-likeness (QED) is 0.496. The highest BCUT2D eigenvalue weighted by Crippen LogP contribution is 2.44. The molecule has 3 aromatic carbocycles. The highest BCUT2D eigenvalue weighted by atomic mass is 16.6. The molecule has 1 aliphatic carbocycles. The van der Waals surface area contributed by atoms with Crippen molar-refractivity contribution >= 4 is 12.1 Å². The number of rotatable bonds is 6. The molecule has 0 aliphatic heterocycles. The Morgan fingerprint density at radius 3 is 2.03 bits per heavy atom. The number of phenolic OH excluding ortho intramolecular Hbond substituents is 1. The molecule has 1 aliphatic rings. The molecule has 6 nitrogen and oxygen atoms in total. The fourth-order valence-electron chi connectivity index (χ4n) is 4.22. The predicted octanol–water partition coefficient (Wildman–Crippen LogP) is 5.18. The number of amides is 1. The van der Waals surface area contributed by atoms with Gasteiger partial charge in [0.2, 0.25) is 0 Å². The Balaban J connectivity index is 1.46. The van der Waals surface area contributed by atoms with Gasteiger partial charge in [-0.25, -0.2) is 9.59 Å². The Labute approximate surface area is 199 Å². The fourth-order valence-corrected chi connectivity index (χ4v) is 4.22. The van der Waals surface area contributed by atoms with E-state index in [0.29, 0.717) is 0 Å². The number of esters is 1. The summed E-state index contributed by atoms with van der Waals surface area (Å²) in [6, 6.07) is 21.8. The lowest BCUT2D eigenvalue weighted by atomic mass is 9.98. The van der Waals surface area contributed by atoms with Gasteiger partial charge in [0, 0.05) is 12.3 Å². The molecule has 0 saturated carbocycles. The Bertz CT molecular complexity index is 1130. The van der Waals surface area contributed by atoms with Crippen LogP contribution >= 0.6 is 0 Å². The van der Waals surface area contributed by atoms with Gasteiger partial charge in [-0.15, -0.1) is 0 Å². The molecule has 176 valence electrons. The molecule has 0 heterocycles. The first-order chi connectivity index (χ1) is 16.2. The van der Waals surface area contributed by atoms with Gasteiger partial charge in [0.15, 0.2) is 0 Å². The van der Waals surface area contributed by atoms with Crippen LogP contribution in [0.1, 0.15) is 43.4 Å². The molecule has 2 N–H and O–H groups in total. The number of aromatic hydroxyl groups is 1. The lowest BCUT2D eigenvalue weighted by Crippen LogP contribution is -2.46. The summed E-state index contributed by atoms with van der Waals surface area (Å²) in [5.74, 6) is -0.494. The topological polar surface area (TPSA) is 84.9 Å². The Morgan fingerprint density at radius 1 is 0.912 bits per heavy atom. The third-order valence-electron chi connectivity index (χ3n) is 5.70. The molecule has 0 spiro atoms. The average Bonchev–Trinajstić information content (AvgIpc) is 3.11. The van der Waals surface area contributed by atoms with Gasteiger partial charge >= 0.3 is 12.1 Å². The monoisotopic (exact) mass is 459 g/mol. The minimum atomic E-state index is -0.931. The zero-order valence-electron chi connectivity index (χ0n) is 19.6. The predicted molar refractivity (Wildman–Crippen MR) is 130 cm³/mol. The summed E-state index contributed by atoms with van der Waals surface area (Å²) in [6.07, 6.45) is -0.476. The second-order valence-corrected chi connectivity index (χ2v) is 9.43. The molecule has 4 rings (SSSR count). The Morgan fingerprint density at radius 2 is 1.47 bits per heavy atom. The second-order valence-electron chi connectivity index (χ2n) is 9.43. The number of nitrogens with one attached hydrogen (secondary N) is 1. The van der Waals surface area contributed by atoms with Crippen LogP contribution in [0.4, 0.5) is 4.79 Å². The fraction of sp³-hybridized carbons (Fsp3) is 0.286. The van der Waals surface area contributed by atoms with E-state index in [9.17, 15) is 14.7 Å². The third-order valence-corrected chi connectivity index (χ3v) is 5.70. The van der Waals surface area contributed by atoms with Gasteiger partial charge in [-0.1, -0.05) is 60.7 Å². The first-order valence-electron chi connectivity index (χ1n) is 11.3. The summed E-state index contributed by atoms with van der Waals surface area (Å²) in [7, 11) is 0. The molecule has 0 aromatic heterocycles. The van der Waals surface area contributed by atoms with Gasteiger partial charge in [0.25, 0.3) is 0 Å². The van der Waals surface area contributed by atoms with Crippen molar-refractivity contribution < 1.29 is 24.2 Å². The van der Waals surface area contributed by atoms with Crippen molar-refractivity contribution in [2.24, 2.45) is 0 Å². The Hall–Kier alpha value is -3.80. The summed E-state index contributed by atoms with van der Waals surface area (Å²) >= 11 is 0. The number of carbonyl (C=O) groups is 2. The highest BCUT2D eigenvalue weighted by molar-refractivity contribution is 5.82. The summed E-state index contributed by atoms with van der Waals surface area (Å²) in [4.78, 5) is 25.6. The number of fused-ring (bicyclic) bond motifs is 3. The van der Waals surface area contributed by atoms with E-state index >= 15 is 0 Å². The van der Waals surface area contributed by atoms with E-state index < -0.39 is 23.7 Å². The van der Waals surface area contributed by atoms with Crippen molar-refractivity contribution in [2.75, 3.05) is 6.61 Å². The van der Waals surface area contributed by atoms with Gasteiger partial charge in [-0.3, -0.25) is 0 Å². The molecular formula is C28H29NO5.